The van der Waals surface area contributed by atoms with Crippen molar-refractivity contribution in [2.45, 2.75) is 25.7 Å². The minimum absolute atomic E-state index is 0.0133. The predicted molar refractivity (Wildman–Crippen MR) is 98.9 cm³/mol. The molecule has 26 heavy (non-hydrogen) atoms. The molecule has 1 aliphatic rings. The maximum Gasteiger partial charge on any atom is 0.272 e. The van der Waals surface area contributed by atoms with Crippen LogP contribution in [0.15, 0.2) is 42.9 Å². The number of piperidine rings is 1. The summed E-state index contributed by atoms with van der Waals surface area (Å²) in [6, 6.07) is 7.18. The van der Waals surface area contributed by atoms with Gasteiger partial charge in [-0.15, -0.1) is 0 Å². The van der Waals surface area contributed by atoms with Crippen LogP contribution in [0.4, 0.5) is 0 Å². The molecule has 0 atom stereocenters. The molecule has 136 valence electrons. The molecule has 1 fully saturated rings. The smallest absolute Gasteiger partial charge is 0.272 e. The maximum absolute atomic E-state index is 12.6. The van der Waals surface area contributed by atoms with Crippen molar-refractivity contribution in [3.05, 3.63) is 59.7 Å². The number of likely N-dealkylation sites (N-methyl/N-ethyl adjacent to an activating group) is 1. The first-order chi connectivity index (χ1) is 12.6. The summed E-state index contributed by atoms with van der Waals surface area (Å²) in [5.74, 6) is -0.187. The largest absolute Gasteiger partial charge is 0.340 e. The van der Waals surface area contributed by atoms with Gasteiger partial charge in [0.15, 0.2) is 0 Å². The van der Waals surface area contributed by atoms with Crippen LogP contribution in [0.1, 0.15) is 45.7 Å². The van der Waals surface area contributed by atoms with Crippen LogP contribution >= 0.6 is 0 Å². The molecule has 0 aromatic carbocycles. The van der Waals surface area contributed by atoms with Crippen molar-refractivity contribution in [2.24, 2.45) is 0 Å². The lowest BCUT2D eigenvalue weighted by Crippen LogP contribution is -2.36. The lowest BCUT2D eigenvalue weighted by molar-refractivity contribution is 0.0724. The van der Waals surface area contributed by atoms with Crippen LogP contribution < -0.4 is 0 Å². The minimum atomic E-state index is -0.174. The second-order valence-corrected chi connectivity index (χ2v) is 6.61. The van der Waals surface area contributed by atoms with Gasteiger partial charge in [0.1, 0.15) is 5.69 Å². The molecule has 6 heteroatoms. The van der Waals surface area contributed by atoms with E-state index >= 15 is 0 Å². The Balaban J connectivity index is 1.64. The highest BCUT2D eigenvalue weighted by Gasteiger charge is 2.20. The van der Waals surface area contributed by atoms with E-state index in [0.717, 1.165) is 37.9 Å². The average molecular weight is 352 g/mol. The van der Waals surface area contributed by atoms with Gasteiger partial charge in [-0.25, -0.2) is 0 Å². The zero-order chi connectivity index (χ0) is 18.4. The Morgan fingerprint density at radius 2 is 1.81 bits per heavy atom. The molecule has 0 radical (unpaired) electrons. The van der Waals surface area contributed by atoms with E-state index in [2.05, 4.69) is 9.97 Å². The number of aromatic nitrogens is 2. The van der Waals surface area contributed by atoms with Crippen molar-refractivity contribution >= 4 is 11.8 Å². The Labute approximate surface area is 153 Å². The van der Waals surface area contributed by atoms with Crippen molar-refractivity contribution < 1.29 is 9.59 Å². The van der Waals surface area contributed by atoms with Gasteiger partial charge in [-0.1, -0.05) is 0 Å². The van der Waals surface area contributed by atoms with E-state index in [1.165, 1.54) is 6.42 Å². The van der Waals surface area contributed by atoms with E-state index < -0.39 is 0 Å². The Bertz CT molecular complexity index is 757. The number of likely N-dealkylation sites (tertiary alicyclic amines) is 1. The first-order valence-electron chi connectivity index (χ1n) is 9.05. The van der Waals surface area contributed by atoms with Gasteiger partial charge in [-0.3, -0.25) is 19.6 Å². The quantitative estimate of drug-likeness (QED) is 0.829. The molecule has 2 amide bonds. The molecule has 0 unspecified atom stereocenters. The molecule has 2 aromatic rings. The van der Waals surface area contributed by atoms with Gasteiger partial charge in [0, 0.05) is 50.8 Å². The summed E-state index contributed by atoms with van der Waals surface area (Å²) >= 11 is 0. The van der Waals surface area contributed by atoms with Gasteiger partial charge < -0.3 is 9.80 Å². The first kappa shape index (κ1) is 18.0. The number of rotatable bonds is 5. The third kappa shape index (κ3) is 4.45. The van der Waals surface area contributed by atoms with Gasteiger partial charge in [0.25, 0.3) is 11.8 Å². The summed E-state index contributed by atoms with van der Waals surface area (Å²) in [5, 5.41) is 0. The summed E-state index contributed by atoms with van der Waals surface area (Å²) in [5.41, 5.74) is 1.97. The molecular formula is C20H24N4O2. The molecule has 1 saturated heterocycles. The molecular weight excluding hydrogens is 328 g/mol. The van der Waals surface area contributed by atoms with E-state index in [0.29, 0.717) is 17.8 Å². The third-order valence-corrected chi connectivity index (χ3v) is 4.70. The standard InChI is InChI=1S/C20H24N4O2/c1-23(14-8-16-5-9-21-10-6-16)20(26)18-15-17(7-11-22-18)19(25)24-12-3-2-4-13-24/h5-7,9-11,15H,2-4,8,12-14H2,1H3. The van der Waals surface area contributed by atoms with Crippen molar-refractivity contribution in [1.82, 2.24) is 19.8 Å². The summed E-state index contributed by atoms with van der Waals surface area (Å²) < 4.78 is 0. The molecule has 0 bridgehead atoms. The molecule has 2 aromatic heterocycles. The number of hydrogen-bond donors (Lipinski definition) is 0. The van der Waals surface area contributed by atoms with Crippen LogP contribution in [0.3, 0.4) is 0 Å². The van der Waals surface area contributed by atoms with Crippen LogP contribution in [0.2, 0.25) is 0 Å². The fourth-order valence-electron chi connectivity index (χ4n) is 3.10. The topological polar surface area (TPSA) is 66.4 Å². The van der Waals surface area contributed by atoms with Crippen molar-refractivity contribution in [2.75, 3.05) is 26.7 Å². The lowest BCUT2D eigenvalue weighted by atomic mass is 10.1. The molecule has 1 aliphatic heterocycles. The number of hydrogen-bond acceptors (Lipinski definition) is 4. The van der Waals surface area contributed by atoms with Gasteiger partial charge in [0.2, 0.25) is 0 Å². The summed E-state index contributed by atoms with van der Waals surface area (Å²) in [6.45, 7) is 2.15. The zero-order valence-electron chi connectivity index (χ0n) is 15.1. The van der Waals surface area contributed by atoms with Gasteiger partial charge >= 0.3 is 0 Å². The molecule has 0 aliphatic carbocycles. The van der Waals surface area contributed by atoms with Crippen LogP contribution in [-0.4, -0.2) is 58.3 Å². The number of amides is 2. The molecule has 0 N–H and O–H groups in total. The number of pyridine rings is 2. The number of carbonyl (C=O) groups excluding carboxylic acids is 2. The van der Waals surface area contributed by atoms with Crippen LogP contribution in [0, 0.1) is 0 Å². The highest BCUT2D eigenvalue weighted by molar-refractivity contribution is 5.98. The highest BCUT2D eigenvalue weighted by Crippen LogP contribution is 2.14. The fraction of sp³-hybridized carbons (Fsp3) is 0.400. The first-order valence-corrected chi connectivity index (χ1v) is 9.05. The van der Waals surface area contributed by atoms with Gasteiger partial charge in [-0.05, 0) is 55.5 Å². The molecule has 3 heterocycles. The number of carbonyl (C=O) groups is 2. The normalized spacial score (nSPS) is 14.1. The molecule has 3 rings (SSSR count). The van der Waals surface area contributed by atoms with Crippen LogP contribution in [0.25, 0.3) is 0 Å². The number of nitrogens with zero attached hydrogens (tertiary/aromatic N) is 4. The maximum atomic E-state index is 12.6. The van der Waals surface area contributed by atoms with Crippen molar-refractivity contribution in [3.8, 4) is 0 Å². The summed E-state index contributed by atoms with van der Waals surface area (Å²) in [7, 11) is 1.75. The van der Waals surface area contributed by atoms with E-state index in [9.17, 15) is 9.59 Å². The third-order valence-electron chi connectivity index (χ3n) is 4.70. The van der Waals surface area contributed by atoms with E-state index in [1.54, 1.807) is 42.7 Å². The van der Waals surface area contributed by atoms with Crippen LogP contribution in [0.5, 0.6) is 0 Å². The summed E-state index contributed by atoms with van der Waals surface area (Å²) in [6.07, 6.45) is 9.04. The molecule has 0 spiro atoms. The minimum Gasteiger partial charge on any atom is -0.340 e. The Morgan fingerprint density at radius 1 is 1.08 bits per heavy atom. The second kappa shape index (κ2) is 8.56. The van der Waals surface area contributed by atoms with Crippen molar-refractivity contribution in [3.63, 3.8) is 0 Å². The predicted octanol–water partition coefficient (Wildman–Crippen LogP) is 2.42. The van der Waals surface area contributed by atoms with Crippen molar-refractivity contribution in [1.29, 1.82) is 0 Å². The highest BCUT2D eigenvalue weighted by atomic mass is 16.2. The van der Waals surface area contributed by atoms with E-state index in [1.807, 2.05) is 17.0 Å². The van der Waals surface area contributed by atoms with Crippen LogP contribution in [-0.2, 0) is 6.42 Å². The Hall–Kier alpha value is -2.76. The zero-order valence-corrected chi connectivity index (χ0v) is 15.1. The fourth-order valence-corrected chi connectivity index (χ4v) is 3.10. The van der Waals surface area contributed by atoms with Gasteiger partial charge in [-0.2, -0.15) is 0 Å². The summed E-state index contributed by atoms with van der Waals surface area (Å²) in [4.78, 5) is 36.9. The molecule has 0 saturated carbocycles. The van der Waals surface area contributed by atoms with E-state index in [-0.39, 0.29) is 11.8 Å². The average Bonchev–Trinajstić information content (AvgIpc) is 2.72. The Morgan fingerprint density at radius 3 is 2.54 bits per heavy atom. The lowest BCUT2D eigenvalue weighted by Gasteiger charge is -2.26. The van der Waals surface area contributed by atoms with E-state index in [4.69, 9.17) is 0 Å². The van der Waals surface area contributed by atoms with Gasteiger partial charge in [0.05, 0.1) is 0 Å². The monoisotopic (exact) mass is 352 g/mol. The molecule has 6 nitrogen and oxygen atoms in total. The second-order valence-electron chi connectivity index (χ2n) is 6.61. The Kier molecular flexibility index (Phi) is 5.94. The SMILES string of the molecule is CN(CCc1ccncc1)C(=O)c1cc(C(=O)N2CCCCC2)ccn1.